The van der Waals surface area contributed by atoms with Gasteiger partial charge in [-0.05, 0) is 112 Å². The van der Waals surface area contributed by atoms with Gasteiger partial charge in [-0.3, -0.25) is 4.99 Å². The average molecular weight is 426 g/mol. The topological polar surface area (TPSA) is 12.4 Å². The van der Waals surface area contributed by atoms with Gasteiger partial charge in [0.2, 0.25) is 0 Å². The molecule has 0 fully saturated rings. The van der Waals surface area contributed by atoms with Crippen molar-refractivity contribution in [1.29, 1.82) is 0 Å². The van der Waals surface area contributed by atoms with Gasteiger partial charge in [0.25, 0.3) is 0 Å². The number of nitrogens with zero attached hydrogens (tertiary/aromatic N) is 1. The van der Waals surface area contributed by atoms with E-state index >= 15 is 0 Å². The first-order valence-electron chi connectivity index (χ1n) is 12.4. The number of fused-ring (bicyclic) bond motifs is 9. The van der Waals surface area contributed by atoms with Crippen LogP contribution in [0.4, 0.5) is 5.69 Å². The molecule has 0 amide bonds. The number of para-hydroxylation sites is 1. The molecule has 4 aromatic carbocycles. The summed E-state index contributed by atoms with van der Waals surface area (Å²) in [5, 5.41) is 3.07. The number of hydrogen-bond acceptors (Lipinski definition) is 1. The number of aliphatic imine (C=N–C) groups is 1. The Labute approximate surface area is 195 Å². The first-order chi connectivity index (χ1) is 16.1. The zero-order chi connectivity index (χ0) is 22.0. The van der Waals surface area contributed by atoms with Crippen LogP contribution in [0, 0.1) is 26.7 Å². The molecule has 0 saturated heterocycles. The van der Waals surface area contributed by atoms with Crippen LogP contribution >= 0.6 is 0 Å². The largest absolute Gasteiger partial charge is 0.256 e. The van der Waals surface area contributed by atoms with E-state index in [0.29, 0.717) is 23.7 Å². The van der Waals surface area contributed by atoms with Crippen LogP contribution in [0.2, 0.25) is 0 Å². The van der Waals surface area contributed by atoms with Crippen molar-refractivity contribution in [2.45, 2.75) is 51.4 Å². The summed E-state index contributed by atoms with van der Waals surface area (Å²) < 4.78 is 0. The van der Waals surface area contributed by atoms with Crippen molar-refractivity contribution < 1.29 is 0 Å². The van der Waals surface area contributed by atoms with Crippen molar-refractivity contribution >= 4 is 22.2 Å². The van der Waals surface area contributed by atoms with E-state index < -0.39 is 0 Å². The molecule has 0 radical (unpaired) electrons. The number of hydrogen-bond donors (Lipinski definition) is 0. The van der Waals surface area contributed by atoms with E-state index in [9.17, 15) is 0 Å². The van der Waals surface area contributed by atoms with Gasteiger partial charge in [0.1, 0.15) is 0 Å². The van der Waals surface area contributed by atoms with E-state index in [2.05, 4.69) is 81.4 Å². The van der Waals surface area contributed by atoms with Gasteiger partial charge in [-0.1, -0.05) is 54.6 Å². The summed E-state index contributed by atoms with van der Waals surface area (Å²) in [5.41, 5.74) is 16.2. The van der Waals surface area contributed by atoms with Gasteiger partial charge in [-0.25, -0.2) is 0 Å². The van der Waals surface area contributed by atoms with Gasteiger partial charge in [0.15, 0.2) is 0 Å². The molecule has 0 spiro atoms. The van der Waals surface area contributed by atoms with Crippen LogP contribution in [0.15, 0.2) is 65.7 Å². The van der Waals surface area contributed by atoms with Gasteiger partial charge < -0.3 is 0 Å². The predicted octanol–water partition coefficient (Wildman–Crippen LogP) is 7.59. The summed E-state index contributed by atoms with van der Waals surface area (Å²) in [4.78, 5) is 5.41. The summed E-state index contributed by atoms with van der Waals surface area (Å²) in [6.45, 7) is 6.97. The van der Waals surface area contributed by atoms with Crippen LogP contribution in [-0.2, 0) is 12.8 Å². The third kappa shape index (κ3) is 2.12. The maximum atomic E-state index is 5.41. The summed E-state index contributed by atoms with van der Waals surface area (Å²) in [5.74, 6) is 1.94. The van der Waals surface area contributed by atoms with Crippen molar-refractivity contribution in [3.63, 3.8) is 0 Å². The van der Waals surface area contributed by atoms with Crippen molar-refractivity contribution in [2.24, 2.45) is 10.9 Å². The zero-order valence-electron chi connectivity index (χ0n) is 19.4. The van der Waals surface area contributed by atoms with Crippen LogP contribution in [0.3, 0.4) is 0 Å². The molecule has 0 saturated carbocycles. The Hall–Kier alpha value is -3.19. The van der Waals surface area contributed by atoms with E-state index in [4.69, 9.17) is 4.99 Å². The fourth-order valence-corrected chi connectivity index (χ4v) is 8.15. The molecule has 1 aliphatic heterocycles. The minimum atomic E-state index is 0.305. The van der Waals surface area contributed by atoms with Crippen molar-refractivity contribution in [3.8, 4) is 0 Å². The molecule has 0 N–H and O–H groups in total. The van der Waals surface area contributed by atoms with Crippen molar-refractivity contribution in [2.75, 3.05) is 0 Å². The van der Waals surface area contributed by atoms with Crippen LogP contribution in [0.5, 0.6) is 0 Å². The molecule has 4 atom stereocenters. The first kappa shape index (κ1) is 18.3. The monoisotopic (exact) mass is 425 g/mol. The van der Waals surface area contributed by atoms with Crippen LogP contribution in [0.25, 0.3) is 10.8 Å². The lowest BCUT2D eigenvalue weighted by Gasteiger charge is -2.43. The summed E-state index contributed by atoms with van der Waals surface area (Å²) in [6.07, 6.45) is 2.35. The number of aryl methyl sites for hydroxylation is 3. The maximum Gasteiger partial charge on any atom is 0.0671 e. The minimum absolute atomic E-state index is 0.305. The van der Waals surface area contributed by atoms with Crippen LogP contribution in [-0.4, -0.2) is 5.71 Å². The molecule has 160 valence electrons. The van der Waals surface area contributed by atoms with Gasteiger partial charge in [-0.2, -0.15) is 0 Å². The molecule has 1 heterocycles. The van der Waals surface area contributed by atoms with Gasteiger partial charge >= 0.3 is 0 Å². The van der Waals surface area contributed by atoms with E-state index in [1.165, 1.54) is 57.4 Å². The van der Waals surface area contributed by atoms with E-state index in [1.54, 1.807) is 27.6 Å². The Balaban J connectivity index is 1.52. The second-order valence-corrected chi connectivity index (χ2v) is 10.8. The molecular weight excluding hydrogens is 398 g/mol. The third-order valence-electron chi connectivity index (χ3n) is 9.18. The second-order valence-electron chi connectivity index (χ2n) is 10.8. The number of benzene rings is 4. The smallest absolute Gasteiger partial charge is 0.0671 e. The molecule has 4 aliphatic rings. The normalized spacial score (nSPS) is 25.4. The Morgan fingerprint density at radius 3 is 2.33 bits per heavy atom. The Kier molecular flexibility index (Phi) is 3.33. The fourth-order valence-electron chi connectivity index (χ4n) is 8.15. The molecule has 33 heavy (non-hydrogen) atoms. The van der Waals surface area contributed by atoms with E-state index in [-0.39, 0.29) is 0 Å². The minimum Gasteiger partial charge on any atom is -0.256 e. The highest BCUT2D eigenvalue weighted by Gasteiger charge is 2.51. The van der Waals surface area contributed by atoms with Crippen molar-refractivity contribution in [1.82, 2.24) is 0 Å². The Bertz CT molecular complexity index is 1570. The van der Waals surface area contributed by atoms with Gasteiger partial charge in [-0.15, -0.1) is 0 Å². The molecule has 4 unspecified atom stereocenters. The molecular formula is C32H27N. The van der Waals surface area contributed by atoms with Gasteiger partial charge in [0.05, 0.1) is 11.6 Å². The van der Waals surface area contributed by atoms with Crippen LogP contribution in [0.1, 0.15) is 67.8 Å². The molecule has 3 aliphatic carbocycles. The van der Waals surface area contributed by atoms with E-state index in [0.717, 1.165) is 0 Å². The zero-order valence-corrected chi connectivity index (χ0v) is 19.4. The Morgan fingerprint density at radius 2 is 1.45 bits per heavy atom. The predicted molar refractivity (Wildman–Crippen MR) is 136 cm³/mol. The Morgan fingerprint density at radius 1 is 0.697 bits per heavy atom. The average Bonchev–Trinajstić information content (AvgIpc) is 3.37. The molecule has 1 nitrogen and oxygen atoms in total. The quantitative estimate of drug-likeness (QED) is 0.275. The van der Waals surface area contributed by atoms with Crippen LogP contribution < -0.4 is 0 Å². The molecule has 1 heteroatoms. The van der Waals surface area contributed by atoms with E-state index in [1.807, 2.05) is 0 Å². The summed E-state index contributed by atoms with van der Waals surface area (Å²) >= 11 is 0. The summed E-state index contributed by atoms with van der Waals surface area (Å²) in [6, 6.07) is 23.1. The highest BCUT2D eigenvalue weighted by atomic mass is 14.8. The second kappa shape index (κ2) is 6.03. The SMILES string of the molecule is Cc1cc(C)c2c(C)cc3c4c2c1C1C(=Nc2ccccc21)C4C1Cc2ccccc2C1C3. The number of rotatable bonds is 0. The first-order valence-corrected chi connectivity index (χ1v) is 12.4. The van der Waals surface area contributed by atoms with Gasteiger partial charge in [0, 0.05) is 11.6 Å². The maximum absolute atomic E-state index is 5.41. The highest BCUT2D eigenvalue weighted by molar-refractivity contribution is 6.14. The summed E-state index contributed by atoms with van der Waals surface area (Å²) in [7, 11) is 0. The fraction of sp³-hybridized carbons (Fsp3) is 0.281. The lowest BCUT2D eigenvalue weighted by molar-refractivity contribution is 0.400. The highest BCUT2D eigenvalue weighted by Crippen LogP contribution is 2.61. The van der Waals surface area contributed by atoms with Crippen molar-refractivity contribution in [3.05, 3.63) is 111 Å². The standard InChI is InChI=1S/C32H27N/c1-16-12-17(2)27-29-22-10-6-7-11-25(22)33-32(29)30-24-14-19-8-4-5-9-21(19)23(24)15-20-13-18(3)26(16)31(27)28(20)30/h4-13,23-24,29-30H,14-15H2,1-3H3. The lowest BCUT2D eigenvalue weighted by atomic mass is 9.59. The molecule has 4 aromatic rings. The molecule has 0 aromatic heterocycles. The molecule has 8 rings (SSSR count). The third-order valence-corrected chi connectivity index (χ3v) is 9.18. The molecule has 0 bridgehead atoms. The lowest BCUT2D eigenvalue weighted by Crippen LogP contribution is -2.36.